The molecule has 1 aliphatic carbocycles. The second-order valence-electron chi connectivity index (χ2n) is 5.60. The molecule has 19 heavy (non-hydrogen) atoms. The van der Waals surface area contributed by atoms with Gasteiger partial charge in [-0.05, 0) is 18.8 Å². The minimum atomic E-state index is -0.630. The van der Waals surface area contributed by atoms with E-state index in [0.717, 1.165) is 24.8 Å². The van der Waals surface area contributed by atoms with Gasteiger partial charge in [-0.25, -0.2) is 15.0 Å². The Morgan fingerprint density at radius 2 is 2.37 bits per heavy atom. The van der Waals surface area contributed by atoms with Crippen molar-refractivity contribution >= 4 is 17.0 Å². The molecular weight excluding hydrogens is 242 g/mol. The first-order valence-electron chi connectivity index (χ1n) is 6.77. The number of aromatic nitrogens is 4. The first-order valence-corrected chi connectivity index (χ1v) is 6.77. The molecule has 3 rings (SSSR count). The monoisotopic (exact) mass is 261 g/mol. The average Bonchev–Trinajstić information content (AvgIpc) is 2.85. The molecule has 1 saturated carbocycles. The molecule has 0 aliphatic heterocycles. The van der Waals surface area contributed by atoms with Gasteiger partial charge in [0, 0.05) is 6.54 Å². The predicted molar refractivity (Wildman–Crippen MR) is 72.8 cm³/mol. The third kappa shape index (κ3) is 2.53. The van der Waals surface area contributed by atoms with Crippen LogP contribution in [0.1, 0.15) is 32.6 Å². The maximum Gasteiger partial charge on any atom is 0.182 e. The van der Waals surface area contributed by atoms with Gasteiger partial charge >= 0.3 is 0 Å². The lowest BCUT2D eigenvalue weighted by Crippen LogP contribution is -2.41. The number of rotatable bonds is 3. The van der Waals surface area contributed by atoms with Gasteiger partial charge in [0.1, 0.15) is 11.8 Å². The molecule has 0 aromatic carbocycles. The molecule has 0 spiro atoms. The Bertz CT molecular complexity index is 569. The van der Waals surface area contributed by atoms with Crippen LogP contribution in [0.5, 0.6) is 0 Å². The van der Waals surface area contributed by atoms with Crippen molar-refractivity contribution in [3.05, 3.63) is 12.7 Å². The average molecular weight is 261 g/mol. The van der Waals surface area contributed by atoms with Crippen molar-refractivity contribution in [3.8, 4) is 0 Å². The molecule has 2 aromatic rings. The lowest BCUT2D eigenvalue weighted by molar-refractivity contribution is -0.000804. The van der Waals surface area contributed by atoms with Gasteiger partial charge in [-0.2, -0.15) is 0 Å². The van der Waals surface area contributed by atoms with Crippen LogP contribution in [-0.2, 0) is 0 Å². The number of hydrogen-bond acceptors (Lipinski definition) is 5. The summed E-state index contributed by atoms with van der Waals surface area (Å²) in [5.41, 5.74) is 0.797. The van der Waals surface area contributed by atoms with E-state index in [1.54, 1.807) is 6.33 Å². The molecule has 0 radical (unpaired) electrons. The lowest BCUT2D eigenvalue weighted by Gasteiger charge is -2.35. The molecule has 6 nitrogen and oxygen atoms in total. The van der Waals surface area contributed by atoms with E-state index < -0.39 is 5.60 Å². The maximum absolute atomic E-state index is 10.6. The Morgan fingerprint density at radius 3 is 3.21 bits per heavy atom. The molecule has 0 amide bonds. The Hall–Kier alpha value is -1.69. The summed E-state index contributed by atoms with van der Waals surface area (Å²) in [6.45, 7) is 2.71. The molecule has 2 atom stereocenters. The van der Waals surface area contributed by atoms with Gasteiger partial charge in [-0.15, -0.1) is 0 Å². The highest BCUT2D eigenvalue weighted by Crippen LogP contribution is 2.32. The number of aromatic amines is 1. The summed E-state index contributed by atoms with van der Waals surface area (Å²) in [6, 6.07) is 0. The zero-order chi connectivity index (χ0) is 13.3. The minimum Gasteiger partial charge on any atom is -0.388 e. The number of H-pyrrole nitrogens is 1. The van der Waals surface area contributed by atoms with E-state index in [2.05, 4.69) is 32.2 Å². The van der Waals surface area contributed by atoms with Gasteiger partial charge in [0.15, 0.2) is 11.5 Å². The van der Waals surface area contributed by atoms with Crippen LogP contribution in [0.25, 0.3) is 11.2 Å². The van der Waals surface area contributed by atoms with Crippen molar-refractivity contribution in [2.45, 2.75) is 38.2 Å². The molecule has 2 aromatic heterocycles. The number of aliphatic hydroxyl groups is 1. The largest absolute Gasteiger partial charge is 0.388 e. The van der Waals surface area contributed by atoms with Crippen molar-refractivity contribution < 1.29 is 5.11 Å². The number of fused-ring (bicyclic) bond motifs is 1. The van der Waals surface area contributed by atoms with Crippen LogP contribution in [0.2, 0.25) is 0 Å². The van der Waals surface area contributed by atoms with Gasteiger partial charge < -0.3 is 15.4 Å². The third-order valence-corrected chi connectivity index (χ3v) is 3.88. The lowest BCUT2D eigenvalue weighted by atomic mass is 9.79. The topological polar surface area (TPSA) is 86.7 Å². The zero-order valence-corrected chi connectivity index (χ0v) is 11.1. The van der Waals surface area contributed by atoms with Crippen molar-refractivity contribution in [1.29, 1.82) is 0 Å². The van der Waals surface area contributed by atoms with Crippen molar-refractivity contribution in [1.82, 2.24) is 19.9 Å². The summed E-state index contributed by atoms with van der Waals surface area (Å²) in [5, 5.41) is 13.8. The quantitative estimate of drug-likeness (QED) is 0.783. The summed E-state index contributed by atoms with van der Waals surface area (Å²) in [7, 11) is 0. The van der Waals surface area contributed by atoms with Crippen LogP contribution in [-0.4, -0.2) is 37.2 Å². The smallest absolute Gasteiger partial charge is 0.182 e. The van der Waals surface area contributed by atoms with Crippen molar-refractivity contribution in [2.75, 3.05) is 11.9 Å². The normalized spacial score (nSPS) is 27.6. The summed E-state index contributed by atoms with van der Waals surface area (Å²) in [5.74, 6) is 1.28. The number of imidazole rings is 1. The predicted octanol–water partition coefficient (Wildman–Crippen LogP) is 1.71. The Morgan fingerprint density at radius 1 is 1.47 bits per heavy atom. The summed E-state index contributed by atoms with van der Waals surface area (Å²) >= 11 is 0. The van der Waals surface area contributed by atoms with E-state index in [0.29, 0.717) is 23.9 Å². The highest BCUT2D eigenvalue weighted by atomic mass is 16.3. The van der Waals surface area contributed by atoms with E-state index in [9.17, 15) is 5.11 Å². The van der Waals surface area contributed by atoms with Crippen LogP contribution in [0.4, 0.5) is 5.82 Å². The molecule has 1 fully saturated rings. The Labute approximate surface area is 111 Å². The van der Waals surface area contributed by atoms with Crippen LogP contribution < -0.4 is 5.32 Å². The first kappa shape index (κ1) is 12.3. The molecule has 2 heterocycles. The molecule has 102 valence electrons. The van der Waals surface area contributed by atoms with Gasteiger partial charge in [0.05, 0.1) is 11.9 Å². The van der Waals surface area contributed by atoms with Crippen LogP contribution in [0.15, 0.2) is 12.7 Å². The second-order valence-corrected chi connectivity index (χ2v) is 5.60. The molecule has 0 saturated heterocycles. The summed E-state index contributed by atoms with van der Waals surface area (Å²) in [4.78, 5) is 15.4. The number of anilines is 1. The van der Waals surface area contributed by atoms with Crippen LogP contribution in [0, 0.1) is 5.92 Å². The molecule has 0 bridgehead atoms. The van der Waals surface area contributed by atoms with Gasteiger partial charge in [-0.1, -0.05) is 19.8 Å². The van der Waals surface area contributed by atoms with Gasteiger partial charge in [0.25, 0.3) is 0 Å². The maximum atomic E-state index is 10.6. The molecule has 6 heteroatoms. The van der Waals surface area contributed by atoms with Crippen LogP contribution >= 0.6 is 0 Å². The van der Waals surface area contributed by atoms with Crippen LogP contribution in [0.3, 0.4) is 0 Å². The molecule has 3 N–H and O–H groups in total. The molecule has 2 unspecified atom stereocenters. The highest BCUT2D eigenvalue weighted by molar-refractivity contribution is 5.81. The number of nitrogens with zero attached hydrogens (tertiary/aromatic N) is 3. The van der Waals surface area contributed by atoms with Crippen molar-refractivity contribution in [3.63, 3.8) is 0 Å². The van der Waals surface area contributed by atoms with E-state index in [1.165, 1.54) is 12.7 Å². The summed E-state index contributed by atoms with van der Waals surface area (Å²) < 4.78 is 0. The Kier molecular flexibility index (Phi) is 3.10. The number of nitrogens with one attached hydrogen (secondary N) is 2. The SMILES string of the molecule is CC1CCCC(O)(CNc2ncnc3nc[nH]c23)C1. The zero-order valence-electron chi connectivity index (χ0n) is 11.1. The Balaban J connectivity index is 1.73. The highest BCUT2D eigenvalue weighted by Gasteiger charge is 2.32. The molecule has 1 aliphatic rings. The van der Waals surface area contributed by atoms with Gasteiger partial charge in [-0.3, -0.25) is 0 Å². The van der Waals surface area contributed by atoms with Gasteiger partial charge in [0.2, 0.25) is 0 Å². The first-order chi connectivity index (χ1) is 9.16. The third-order valence-electron chi connectivity index (χ3n) is 3.88. The molecular formula is C13H19N5O. The fourth-order valence-corrected chi connectivity index (χ4v) is 2.94. The van der Waals surface area contributed by atoms with E-state index >= 15 is 0 Å². The summed E-state index contributed by atoms with van der Waals surface area (Å²) in [6.07, 6.45) is 7.07. The minimum absolute atomic E-state index is 0.516. The van der Waals surface area contributed by atoms with Crippen molar-refractivity contribution in [2.24, 2.45) is 5.92 Å². The van der Waals surface area contributed by atoms with E-state index in [4.69, 9.17) is 0 Å². The number of hydrogen-bond donors (Lipinski definition) is 3. The second kappa shape index (κ2) is 4.77. The standard InChI is InChI=1S/C13H19N5O/c1-9-3-2-4-13(19,5-9)6-14-11-10-12(16-7-15-10)18-8-17-11/h7-9,19H,2-6H2,1H3,(H2,14,15,16,17,18). The van der Waals surface area contributed by atoms with E-state index in [-0.39, 0.29) is 0 Å². The fraction of sp³-hybridized carbons (Fsp3) is 0.615. The van der Waals surface area contributed by atoms with E-state index in [1.807, 2.05) is 0 Å². The fourth-order valence-electron chi connectivity index (χ4n) is 2.94.